The van der Waals surface area contributed by atoms with Crippen LogP contribution in [0.15, 0.2) is 60.7 Å². The van der Waals surface area contributed by atoms with Gasteiger partial charge in [-0.3, -0.25) is 0 Å². The van der Waals surface area contributed by atoms with Crippen LogP contribution in [-0.4, -0.2) is 12.3 Å². The minimum atomic E-state index is -1.28. The molecule has 0 saturated heterocycles. The minimum absolute atomic E-state index is 0.0481. The molecule has 0 aliphatic heterocycles. The summed E-state index contributed by atoms with van der Waals surface area (Å²) in [6, 6.07) is 21.5. The Morgan fingerprint density at radius 3 is 1.86 bits per heavy atom. The van der Waals surface area contributed by atoms with Crippen LogP contribution >= 0.6 is 16.3 Å². The fourth-order valence-corrected chi connectivity index (χ4v) is 7.74. The lowest BCUT2D eigenvalue weighted by atomic mass is 10.2. The molecule has 0 aliphatic rings. The highest BCUT2D eigenvalue weighted by Crippen LogP contribution is 2.65. The molecule has 0 bridgehead atoms. The Morgan fingerprint density at radius 1 is 0.810 bits per heavy atom. The van der Waals surface area contributed by atoms with Crippen molar-refractivity contribution in [2.75, 3.05) is 12.3 Å². The van der Waals surface area contributed by atoms with Crippen LogP contribution in [0.5, 0.6) is 0 Å². The molecule has 2 rings (SSSR count). The molecule has 2 aromatic rings. The largest absolute Gasteiger partial charge is 0.197 e. The minimum Gasteiger partial charge on any atom is -0.108 e. The molecule has 112 valence electrons. The molecular weight excluding hydrogens is 294 g/mol. The van der Waals surface area contributed by atoms with E-state index in [9.17, 15) is 0 Å². The van der Waals surface area contributed by atoms with Gasteiger partial charge in [-0.05, 0) is 25.0 Å². The molecule has 0 fully saturated rings. The van der Waals surface area contributed by atoms with Gasteiger partial charge in [-0.2, -0.15) is 0 Å². The predicted molar refractivity (Wildman–Crippen MR) is 99.1 cm³/mol. The van der Waals surface area contributed by atoms with E-state index < -0.39 is 7.49 Å². The standard InChI is InChI=1S/C18H25OP2/c1-3-21(4-2,16-18-13-9-6-10-14-18)19-20-15-17-11-7-5-8-12-17/h5-14,20H,3-4,15-16H2,1-2H3/q+1/p+1. The normalized spacial score (nSPS) is 12.1. The number of benzene rings is 2. The second kappa shape index (κ2) is 8.64. The average molecular weight is 320 g/mol. The fourth-order valence-electron chi connectivity index (χ4n) is 2.46. The fraction of sp³-hybridized carbons (Fsp3) is 0.333. The van der Waals surface area contributed by atoms with Crippen LogP contribution in [0.2, 0.25) is 0 Å². The van der Waals surface area contributed by atoms with Gasteiger partial charge in [-0.25, -0.2) is 0 Å². The molecule has 0 radical (unpaired) electrons. The number of hydrogen-bond acceptors (Lipinski definition) is 1. The van der Waals surface area contributed by atoms with Gasteiger partial charge < -0.3 is 0 Å². The van der Waals surface area contributed by atoms with Gasteiger partial charge >= 0.3 is 0 Å². The molecule has 0 heterocycles. The summed E-state index contributed by atoms with van der Waals surface area (Å²) in [5.74, 6) is 0. The third kappa shape index (κ3) is 5.19. The van der Waals surface area contributed by atoms with Crippen molar-refractivity contribution in [3.63, 3.8) is 0 Å². The molecular formula is C18H26OP2+2. The van der Waals surface area contributed by atoms with Gasteiger partial charge in [0.05, 0.1) is 12.3 Å². The zero-order valence-corrected chi connectivity index (χ0v) is 15.1. The highest BCUT2D eigenvalue weighted by atomic mass is 31.2. The van der Waals surface area contributed by atoms with Gasteiger partial charge in [-0.1, -0.05) is 60.7 Å². The highest BCUT2D eigenvalue weighted by molar-refractivity contribution is 7.74. The van der Waals surface area contributed by atoms with Crippen molar-refractivity contribution >= 4 is 16.3 Å². The summed E-state index contributed by atoms with van der Waals surface area (Å²) >= 11 is 0. The first kappa shape index (κ1) is 16.6. The zero-order valence-electron chi connectivity index (χ0n) is 13.0. The summed E-state index contributed by atoms with van der Waals surface area (Å²) in [5, 5.41) is 0. The summed E-state index contributed by atoms with van der Waals surface area (Å²) in [4.78, 5) is 0. The Balaban J connectivity index is 1.94. The topological polar surface area (TPSA) is 9.23 Å². The van der Waals surface area contributed by atoms with Crippen LogP contribution in [0, 0.1) is 0 Å². The predicted octanol–water partition coefficient (Wildman–Crippen LogP) is 5.70. The SMILES string of the molecule is CC[P+](CC)(Cc1ccccc1)O[PH2+]Cc1ccccc1. The van der Waals surface area contributed by atoms with Crippen molar-refractivity contribution in [3.05, 3.63) is 71.8 Å². The van der Waals surface area contributed by atoms with Crippen LogP contribution in [0.1, 0.15) is 25.0 Å². The third-order valence-corrected chi connectivity index (χ3v) is 10.2. The summed E-state index contributed by atoms with van der Waals surface area (Å²) in [7, 11) is -1.23. The first-order valence-corrected chi connectivity index (χ1v) is 11.3. The quantitative estimate of drug-likeness (QED) is 0.567. The van der Waals surface area contributed by atoms with Crippen molar-refractivity contribution in [2.45, 2.75) is 26.2 Å². The van der Waals surface area contributed by atoms with Gasteiger partial charge in [0.2, 0.25) is 0 Å². The Labute approximate surface area is 131 Å². The van der Waals surface area contributed by atoms with Crippen molar-refractivity contribution in [3.8, 4) is 0 Å². The van der Waals surface area contributed by atoms with Gasteiger partial charge in [0.15, 0.2) is 16.3 Å². The van der Waals surface area contributed by atoms with E-state index in [1.165, 1.54) is 23.5 Å². The van der Waals surface area contributed by atoms with E-state index in [1.807, 2.05) is 0 Å². The zero-order chi connectivity index (χ0) is 15.0. The van der Waals surface area contributed by atoms with E-state index in [0.29, 0.717) is 0 Å². The van der Waals surface area contributed by atoms with Gasteiger partial charge in [0.1, 0.15) is 12.3 Å². The molecule has 0 spiro atoms. The van der Waals surface area contributed by atoms with Crippen LogP contribution < -0.4 is 0 Å². The molecule has 0 N–H and O–H groups in total. The lowest BCUT2D eigenvalue weighted by molar-refractivity contribution is 0.668. The van der Waals surface area contributed by atoms with Crippen molar-refractivity contribution in [2.24, 2.45) is 0 Å². The molecule has 0 saturated carbocycles. The summed E-state index contributed by atoms with van der Waals surface area (Å²) in [6.45, 7) is 4.59. The molecule has 0 aliphatic carbocycles. The van der Waals surface area contributed by atoms with E-state index in [1.54, 1.807) is 0 Å². The second-order valence-electron chi connectivity index (χ2n) is 5.30. The first-order valence-electron chi connectivity index (χ1n) is 7.72. The molecule has 1 nitrogen and oxygen atoms in total. The van der Waals surface area contributed by atoms with E-state index in [2.05, 4.69) is 74.5 Å². The monoisotopic (exact) mass is 320 g/mol. The summed E-state index contributed by atoms with van der Waals surface area (Å²) < 4.78 is 6.53. The Kier molecular flexibility index (Phi) is 6.84. The van der Waals surface area contributed by atoms with Crippen LogP contribution in [0.3, 0.4) is 0 Å². The maximum Gasteiger partial charge on any atom is 0.197 e. The van der Waals surface area contributed by atoms with Crippen LogP contribution in [-0.2, 0) is 16.6 Å². The first-order chi connectivity index (χ1) is 10.3. The van der Waals surface area contributed by atoms with Crippen molar-refractivity contribution in [1.82, 2.24) is 0 Å². The van der Waals surface area contributed by atoms with E-state index in [0.717, 1.165) is 12.3 Å². The Morgan fingerprint density at radius 2 is 1.33 bits per heavy atom. The maximum absolute atomic E-state index is 6.53. The number of hydrogen-bond donors (Lipinski definition) is 0. The lowest BCUT2D eigenvalue weighted by Crippen LogP contribution is -2.04. The molecule has 0 aromatic heterocycles. The van der Waals surface area contributed by atoms with Crippen molar-refractivity contribution < 1.29 is 4.31 Å². The van der Waals surface area contributed by atoms with Gasteiger partial charge in [-0.15, -0.1) is 4.31 Å². The average Bonchev–Trinajstić information content (AvgIpc) is 2.56. The van der Waals surface area contributed by atoms with E-state index >= 15 is 0 Å². The van der Waals surface area contributed by atoms with Gasteiger partial charge in [0, 0.05) is 0 Å². The molecule has 3 heteroatoms. The van der Waals surface area contributed by atoms with E-state index in [-0.39, 0.29) is 8.81 Å². The summed E-state index contributed by atoms with van der Waals surface area (Å²) in [6.07, 6.45) is 4.58. The molecule has 1 atom stereocenters. The second-order valence-corrected chi connectivity index (χ2v) is 10.6. The van der Waals surface area contributed by atoms with Crippen molar-refractivity contribution in [1.29, 1.82) is 0 Å². The van der Waals surface area contributed by atoms with Crippen LogP contribution in [0.25, 0.3) is 0 Å². The number of rotatable bonds is 8. The molecule has 1 unspecified atom stereocenters. The van der Waals surface area contributed by atoms with E-state index in [4.69, 9.17) is 4.31 Å². The molecule has 2 aromatic carbocycles. The summed E-state index contributed by atoms with van der Waals surface area (Å²) in [5.41, 5.74) is 2.83. The Hall–Kier alpha value is -0.740. The highest BCUT2D eigenvalue weighted by Gasteiger charge is 2.39. The third-order valence-electron chi connectivity index (χ3n) is 3.93. The maximum atomic E-state index is 6.53. The van der Waals surface area contributed by atoms with Gasteiger partial charge in [0.25, 0.3) is 0 Å². The molecule has 0 amide bonds. The Bertz CT molecular complexity index is 509. The van der Waals surface area contributed by atoms with Crippen LogP contribution in [0.4, 0.5) is 0 Å². The lowest BCUT2D eigenvalue weighted by Gasteiger charge is -2.19. The molecule has 21 heavy (non-hydrogen) atoms. The smallest absolute Gasteiger partial charge is 0.108 e.